The van der Waals surface area contributed by atoms with E-state index >= 15 is 0 Å². The van der Waals surface area contributed by atoms with Crippen molar-refractivity contribution in [3.63, 3.8) is 0 Å². The summed E-state index contributed by atoms with van der Waals surface area (Å²) in [5.74, 6) is -0.231. The number of rotatable bonds is 9. The zero-order valence-corrected chi connectivity index (χ0v) is 12.3. The van der Waals surface area contributed by atoms with Gasteiger partial charge in [-0.25, -0.2) is 0 Å². The molecule has 1 aliphatic rings. The van der Waals surface area contributed by atoms with E-state index in [-0.39, 0.29) is 5.91 Å². The molecule has 0 spiro atoms. The van der Waals surface area contributed by atoms with Crippen LogP contribution in [0.1, 0.15) is 52.9 Å². The smallest absolute Gasteiger partial charge is 0.237 e. The molecule has 4 nitrogen and oxygen atoms in total. The molecule has 0 saturated heterocycles. The Hall–Kier alpha value is -0.610. The predicted octanol–water partition coefficient (Wildman–Crippen LogP) is 1.49. The summed E-state index contributed by atoms with van der Waals surface area (Å²) in [6.07, 6.45) is 5.51. The lowest BCUT2D eigenvalue weighted by Crippen LogP contribution is -2.56. The van der Waals surface area contributed by atoms with Gasteiger partial charge >= 0.3 is 0 Å². The van der Waals surface area contributed by atoms with Crippen molar-refractivity contribution in [2.45, 2.75) is 70.5 Å². The number of unbranched alkanes of at least 4 members (excludes halogenated alkanes) is 1. The van der Waals surface area contributed by atoms with Crippen molar-refractivity contribution in [3.05, 3.63) is 0 Å². The van der Waals surface area contributed by atoms with E-state index in [0.717, 1.165) is 13.0 Å². The summed E-state index contributed by atoms with van der Waals surface area (Å²) in [5.41, 5.74) is 5.01. The average Bonchev–Trinajstić information content (AvgIpc) is 3.09. The predicted molar refractivity (Wildman–Crippen MR) is 75.4 cm³/mol. The fourth-order valence-electron chi connectivity index (χ4n) is 2.28. The fraction of sp³-hybridized carbons (Fsp3) is 0.929. The number of hydrogen-bond donors (Lipinski definition) is 2. The molecule has 4 heteroatoms. The number of carbonyl (C=O) groups excluding carboxylic acids is 1. The second kappa shape index (κ2) is 6.53. The lowest BCUT2D eigenvalue weighted by atomic mass is 9.92. The Balaban J connectivity index is 2.50. The number of amides is 1. The Morgan fingerprint density at radius 2 is 2.17 bits per heavy atom. The van der Waals surface area contributed by atoms with E-state index < -0.39 is 5.54 Å². The van der Waals surface area contributed by atoms with Crippen molar-refractivity contribution >= 4 is 5.91 Å². The molecule has 1 aliphatic carbocycles. The highest BCUT2D eigenvalue weighted by Crippen LogP contribution is 2.25. The van der Waals surface area contributed by atoms with Crippen LogP contribution in [0.2, 0.25) is 0 Å². The van der Waals surface area contributed by atoms with Gasteiger partial charge < -0.3 is 16.0 Å². The summed E-state index contributed by atoms with van der Waals surface area (Å²) in [7, 11) is 2.12. The SMILES string of the molecule is CCCCN(C)C(C)CC(C)(NC1CC1)C(N)=O. The maximum Gasteiger partial charge on any atom is 0.237 e. The number of nitrogens with zero attached hydrogens (tertiary/aromatic N) is 1. The molecular formula is C14H29N3O. The van der Waals surface area contributed by atoms with Crippen molar-refractivity contribution in [2.24, 2.45) is 5.73 Å². The van der Waals surface area contributed by atoms with Crippen LogP contribution in [0.5, 0.6) is 0 Å². The van der Waals surface area contributed by atoms with Gasteiger partial charge in [0, 0.05) is 12.1 Å². The van der Waals surface area contributed by atoms with Gasteiger partial charge in [0.15, 0.2) is 0 Å². The summed E-state index contributed by atoms with van der Waals surface area (Å²) < 4.78 is 0. The standard InChI is InChI=1S/C14H29N3O/c1-5-6-9-17(4)11(2)10-14(3,13(15)18)16-12-7-8-12/h11-12,16H,5-10H2,1-4H3,(H2,15,18). The first kappa shape index (κ1) is 15.4. The summed E-state index contributed by atoms with van der Waals surface area (Å²) in [4.78, 5) is 14.0. The van der Waals surface area contributed by atoms with Gasteiger partial charge in [0.1, 0.15) is 0 Å². The molecule has 3 N–H and O–H groups in total. The third kappa shape index (κ3) is 4.58. The van der Waals surface area contributed by atoms with Crippen LogP contribution in [0.3, 0.4) is 0 Å². The quantitative estimate of drug-likeness (QED) is 0.656. The van der Waals surface area contributed by atoms with Gasteiger partial charge in [0.05, 0.1) is 5.54 Å². The second-order valence-electron chi connectivity index (χ2n) is 6.00. The molecule has 0 aromatic heterocycles. The highest BCUT2D eigenvalue weighted by molar-refractivity contribution is 5.84. The van der Waals surface area contributed by atoms with E-state index in [1.807, 2.05) is 6.92 Å². The normalized spacial score (nSPS) is 20.7. The highest BCUT2D eigenvalue weighted by Gasteiger charge is 2.38. The van der Waals surface area contributed by atoms with Gasteiger partial charge in [-0.3, -0.25) is 4.79 Å². The zero-order valence-electron chi connectivity index (χ0n) is 12.3. The molecule has 2 unspecified atom stereocenters. The minimum atomic E-state index is -0.568. The van der Waals surface area contributed by atoms with E-state index in [1.165, 1.54) is 25.7 Å². The van der Waals surface area contributed by atoms with Crippen LogP contribution in [0.4, 0.5) is 0 Å². The first-order chi connectivity index (χ1) is 8.39. The molecule has 1 amide bonds. The molecular weight excluding hydrogens is 226 g/mol. The molecule has 1 saturated carbocycles. The van der Waals surface area contributed by atoms with E-state index in [4.69, 9.17) is 5.73 Å². The zero-order chi connectivity index (χ0) is 13.8. The number of hydrogen-bond acceptors (Lipinski definition) is 3. The van der Waals surface area contributed by atoms with Gasteiger partial charge in [-0.15, -0.1) is 0 Å². The van der Waals surface area contributed by atoms with Gasteiger partial charge in [-0.2, -0.15) is 0 Å². The van der Waals surface area contributed by atoms with Crippen LogP contribution in [-0.4, -0.2) is 42.0 Å². The Morgan fingerprint density at radius 3 is 2.61 bits per heavy atom. The molecule has 0 aromatic rings. The van der Waals surface area contributed by atoms with Crippen LogP contribution in [0.15, 0.2) is 0 Å². The summed E-state index contributed by atoms with van der Waals surface area (Å²) in [6, 6.07) is 0.857. The minimum absolute atomic E-state index is 0.231. The van der Waals surface area contributed by atoms with E-state index in [0.29, 0.717) is 12.1 Å². The number of nitrogens with two attached hydrogens (primary N) is 1. The summed E-state index contributed by atoms with van der Waals surface area (Å²) in [6.45, 7) is 7.39. The molecule has 0 radical (unpaired) electrons. The maximum absolute atomic E-state index is 11.7. The molecule has 0 aliphatic heterocycles. The lowest BCUT2D eigenvalue weighted by Gasteiger charge is -2.34. The van der Waals surface area contributed by atoms with Crippen LogP contribution < -0.4 is 11.1 Å². The molecule has 1 fully saturated rings. The van der Waals surface area contributed by atoms with E-state index in [2.05, 4.69) is 31.1 Å². The van der Waals surface area contributed by atoms with Crippen LogP contribution in [-0.2, 0) is 4.79 Å². The lowest BCUT2D eigenvalue weighted by molar-refractivity contribution is -0.124. The molecule has 0 bridgehead atoms. The number of carbonyl (C=O) groups is 1. The van der Waals surface area contributed by atoms with Crippen molar-refractivity contribution in [3.8, 4) is 0 Å². The highest BCUT2D eigenvalue weighted by atomic mass is 16.1. The summed E-state index contributed by atoms with van der Waals surface area (Å²) in [5, 5.41) is 3.41. The second-order valence-corrected chi connectivity index (χ2v) is 6.00. The summed E-state index contributed by atoms with van der Waals surface area (Å²) >= 11 is 0. The van der Waals surface area contributed by atoms with Gasteiger partial charge in [0.2, 0.25) is 5.91 Å². The third-order valence-corrected chi connectivity index (χ3v) is 3.96. The fourth-order valence-corrected chi connectivity index (χ4v) is 2.28. The van der Waals surface area contributed by atoms with Crippen molar-refractivity contribution < 1.29 is 4.79 Å². The average molecular weight is 255 g/mol. The van der Waals surface area contributed by atoms with Crippen LogP contribution in [0.25, 0.3) is 0 Å². The van der Waals surface area contributed by atoms with Crippen molar-refractivity contribution in [2.75, 3.05) is 13.6 Å². The Kier molecular flexibility index (Phi) is 5.60. The molecule has 2 atom stereocenters. The first-order valence-corrected chi connectivity index (χ1v) is 7.17. The van der Waals surface area contributed by atoms with E-state index in [9.17, 15) is 4.79 Å². The van der Waals surface area contributed by atoms with E-state index in [1.54, 1.807) is 0 Å². The minimum Gasteiger partial charge on any atom is -0.368 e. The van der Waals surface area contributed by atoms with Crippen LogP contribution >= 0.6 is 0 Å². The van der Waals surface area contributed by atoms with Crippen molar-refractivity contribution in [1.29, 1.82) is 0 Å². The Labute approximate surface area is 111 Å². The largest absolute Gasteiger partial charge is 0.368 e. The Morgan fingerprint density at radius 1 is 1.56 bits per heavy atom. The molecule has 18 heavy (non-hydrogen) atoms. The van der Waals surface area contributed by atoms with Crippen molar-refractivity contribution in [1.82, 2.24) is 10.2 Å². The Bertz CT molecular complexity index is 278. The molecule has 1 rings (SSSR count). The topological polar surface area (TPSA) is 58.4 Å². The molecule has 106 valence electrons. The third-order valence-electron chi connectivity index (χ3n) is 3.96. The van der Waals surface area contributed by atoms with Gasteiger partial charge in [-0.05, 0) is 53.1 Å². The van der Waals surface area contributed by atoms with Gasteiger partial charge in [-0.1, -0.05) is 13.3 Å². The monoisotopic (exact) mass is 255 g/mol. The van der Waals surface area contributed by atoms with Crippen LogP contribution in [0, 0.1) is 0 Å². The molecule has 0 heterocycles. The maximum atomic E-state index is 11.7. The van der Waals surface area contributed by atoms with Gasteiger partial charge in [0.25, 0.3) is 0 Å². The number of primary amides is 1. The number of nitrogens with one attached hydrogen (secondary N) is 1. The molecule has 0 aromatic carbocycles. The first-order valence-electron chi connectivity index (χ1n) is 7.17.